The van der Waals surface area contributed by atoms with Crippen LogP contribution in [-0.4, -0.2) is 0 Å². The average Bonchev–Trinajstić information content (AvgIpc) is 3.00. The highest BCUT2D eigenvalue weighted by Gasteiger charge is 2.55. The van der Waals surface area contributed by atoms with Gasteiger partial charge in [-0.25, -0.2) is 0 Å². The van der Waals surface area contributed by atoms with E-state index in [1.54, 1.807) is 0 Å². The fraction of sp³-hybridized carbons (Fsp3) is 0.300. The highest BCUT2D eigenvalue weighted by Crippen LogP contribution is 2.61. The van der Waals surface area contributed by atoms with Crippen molar-refractivity contribution in [2.75, 3.05) is 0 Å². The summed E-state index contributed by atoms with van der Waals surface area (Å²) in [6.07, 6.45) is 3.35. The molecular weight excluding hydrogens is 416 g/mol. The predicted molar refractivity (Wildman–Crippen MR) is 103 cm³/mol. The van der Waals surface area contributed by atoms with Crippen LogP contribution in [-0.2, 0) is 6.42 Å². The third-order valence-electron chi connectivity index (χ3n) is 4.78. The van der Waals surface area contributed by atoms with Crippen LogP contribution >= 0.6 is 31.9 Å². The zero-order valence-electron chi connectivity index (χ0n) is 13.3. The molecule has 2 aromatic rings. The predicted octanol–water partition coefficient (Wildman–Crippen LogP) is 6.92. The van der Waals surface area contributed by atoms with Gasteiger partial charge >= 0.3 is 0 Å². The molecule has 1 aliphatic carbocycles. The molecule has 23 heavy (non-hydrogen) atoms. The van der Waals surface area contributed by atoms with Crippen LogP contribution in [0.25, 0.3) is 0 Å². The SMILES string of the molecule is CC1(C)[C@H](C=C(Br)Br)[C@@H]1Cc1cccc(Oc2ccccc2)c1. The Kier molecular flexibility index (Phi) is 4.98. The molecule has 3 rings (SSSR count). The minimum atomic E-state index is 0.350. The molecule has 120 valence electrons. The van der Waals surface area contributed by atoms with Crippen molar-refractivity contribution in [1.29, 1.82) is 0 Å². The number of halogens is 2. The van der Waals surface area contributed by atoms with E-state index in [-0.39, 0.29) is 0 Å². The van der Waals surface area contributed by atoms with Crippen molar-refractivity contribution >= 4 is 31.9 Å². The van der Waals surface area contributed by atoms with Crippen LogP contribution in [0, 0.1) is 17.3 Å². The highest BCUT2D eigenvalue weighted by atomic mass is 79.9. The van der Waals surface area contributed by atoms with Crippen molar-refractivity contribution in [2.24, 2.45) is 17.3 Å². The summed E-state index contributed by atoms with van der Waals surface area (Å²) >= 11 is 6.97. The first-order valence-electron chi connectivity index (χ1n) is 7.81. The van der Waals surface area contributed by atoms with Gasteiger partial charge in [0.05, 0.1) is 3.39 Å². The molecule has 2 atom stereocenters. The molecular formula is C20H20Br2O. The Morgan fingerprint density at radius 3 is 2.43 bits per heavy atom. The first-order valence-corrected chi connectivity index (χ1v) is 9.40. The van der Waals surface area contributed by atoms with Gasteiger partial charge in [-0.2, -0.15) is 0 Å². The van der Waals surface area contributed by atoms with E-state index in [0.29, 0.717) is 17.3 Å². The van der Waals surface area contributed by atoms with E-state index in [2.05, 4.69) is 70.0 Å². The van der Waals surface area contributed by atoms with Gasteiger partial charge in [0, 0.05) is 0 Å². The summed E-state index contributed by atoms with van der Waals surface area (Å²) < 4.78 is 6.99. The summed E-state index contributed by atoms with van der Waals surface area (Å²) in [5.41, 5.74) is 1.68. The van der Waals surface area contributed by atoms with Crippen LogP contribution in [0.1, 0.15) is 19.4 Å². The largest absolute Gasteiger partial charge is 0.457 e. The zero-order chi connectivity index (χ0) is 16.4. The topological polar surface area (TPSA) is 9.23 Å². The molecule has 1 fully saturated rings. The highest BCUT2D eigenvalue weighted by molar-refractivity contribution is 9.28. The monoisotopic (exact) mass is 434 g/mol. The van der Waals surface area contributed by atoms with Gasteiger partial charge in [0.25, 0.3) is 0 Å². The molecule has 0 amide bonds. The Morgan fingerprint density at radius 2 is 1.74 bits per heavy atom. The van der Waals surface area contributed by atoms with Gasteiger partial charge in [0.2, 0.25) is 0 Å². The number of para-hydroxylation sites is 1. The number of hydrogen-bond donors (Lipinski definition) is 0. The lowest BCUT2D eigenvalue weighted by Crippen LogP contribution is -1.95. The van der Waals surface area contributed by atoms with Crippen LogP contribution in [0.15, 0.2) is 64.1 Å². The second-order valence-electron chi connectivity index (χ2n) is 6.68. The standard InChI is InChI=1S/C20H20Br2O/c1-20(2)17(18(20)13-19(21)22)12-14-7-6-10-16(11-14)23-15-8-4-3-5-9-15/h3-11,13,17-18H,12H2,1-2H3/t17-,18+/m0/s1. The number of allylic oxidation sites excluding steroid dienone is 1. The molecule has 0 saturated heterocycles. The normalized spacial score (nSPS) is 21.6. The third kappa shape index (κ3) is 4.07. The molecule has 2 aromatic carbocycles. The molecule has 1 aliphatic rings. The van der Waals surface area contributed by atoms with Crippen LogP contribution in [0.3, 0.4) is 0 Å². The second-order valence-corrected chi connectivity index (χ2v) is 9.45. The first kappa shape index (κ1) is 16.8. The maximum Gasteiger partial charge on any atom is 0.127 e. The van der Waals surface area contributed by atoms with Crippen LogP contribution in [0.2, 0.25) is 0 Å². The van der Waals surface area contributed by atoms with Gasteiger partial charge in [-0.3, -0.25) is 0 Å². The third-order valence-corrected chi connectivity index (χ3v) is 5.31. The zero-order valence-corrected chi connectivity index (χ0v) is 16.5. The van der Waals surface area contributed by atoms with E-state index < -0.39 is 0 Å². The summed E-state index contributed by atoms with van der Waals surface area (Å²) in [5.74, 6) is 3.05. The molecule has 3 heteroatoms. The summed E-state index contributed by atoms with van der Waals surface area (Å²) in [7, 11) is 0. The molecule has 0 spiro atoms. The van der Waals surface area contributed by atoms with Gasteiger partial charge in [0.15, 0.2) is 0 Å². The number of ether oxygens (including phenoxy) is 1. The van der Waals surface area contributed by atoms with Gasteiger partial charge in [-0.05, 0) is 85.4 Å². The number of rotatable bonds is 5. The van der Waals surface area contributed by atoms with Gasteiger partial charge in [-0.1, -0.05) is 50.3 Å². The lowest BCUT2D eigenvalue weighted by molar-refractivity contribution is 0.481. The minimum absolute atomic E-state index is 0.350. The van der Waals surface area contributed by atoms with E-state index in [4.69, 9.17) is 4.74 Å². The summed E-state index contributed by atoms with van der Waals surface area (Å²) in [5, 5.41) is 0. The van der Waals surface area contributed by atoms with E-state index in [1.807, 2.05) is 36.4 Å². The number of hydrogen-bond acceptors (Lipinski definition) is 1. The summed E-state index contributed by atoms with van der Waals surface area (Å²) in [6.45, 7) is 4.68. The Morgan fingerprint density at radius 1 is 1.04 bits per heavy atom. The van der Waals surface area contributed by atoms with Crippen molar-refractivity contribution in [3.8, 4) is 11.5 Å². The molecule has 0 heterocycles. The lowest BCUT2D eigenvalue weighted by Gasteiger charge is -2.08. The summed E-state index contributed by atoms with van der Waals surface area (Å²) in [4.78, 5) is 0. The van der Waals surface area contributed by atoms with Crippen LogP contribution in [0.5, 0.6) is 11.5 Å². The van der Waals surface area contributed by atoms with Gasteiger partial charge in [0.1, 0.15) is 11.5 Å². The van der Waals surface area contributed by atoms with Gasteiger partial charge < -0.3 is 4.74 Å². The van der Waals surface area contributed by atoms with E-state index in [0.717, 1.165) is 21.3 Å². The summed E-state index contributed by atoms with van der Waals surface area (Å²) in [6, 6.07) is 18.4. The van der Waals surface area contributed by atoms with Crippen molar-refractivity contribution in [3.63, 3.8) is 0 Å². The molecule has 1 nitrogen and oxygen atoms in total. The van der Waals surface area contributed by atoms with Crippen molar-refractivity contribution in [1.82, 2.24) is 0 Å². The first-order chi connectivity index (χ1) is 11.0. The second kappa shape index (κ2) is 6.82. The fourth-order valence-corrected chi connectivity index (χ4v) is 3.83. The van der Waals surface area contributed by atoms with Crippen molar-refractivity contribution in [2.45, 2.75) is 20.3 Å². The molecule has 0 aromatic heterocycles. The Hall–Kier alpha value is -1.06. The smallest absolute Gasteiger partial charge is 0.127 e. The average molecular weight is 436 g/mol. The van der Waals surface area contributed by atoms with E-state index >= 15 is 0 Å². The van der Waals surface area contributed by atoms with E-state index in [1.165, 1.54) is 5.56 Å². The molecule has 0 N–H and O–H groups in total. The number of benzene rings is 2. The molecule has 0 unspecified atom stereocenters. The Balaban J connectivity index is 1.70. The minimum Gasteiger partial charge on any atom is -0.457 e. The molecule has 0 bridgehead atoms. The maximum absolute atomic E-state index is 5.94. The molecule has 1 saturated carbocycles. The van der Waals surface area contributed by atoms with Gasteiger partial charge in [-0.15, -0.1) is 0 Å². The Labute approximate surface area is 155 Å². The quantitative estimate of drug-likeness (QED) is 0.494. The van der Waals surface area contributed by atoms with E-state index in [9.17, 15) is 0 Å². The molecule has 0 radical (unpaired) electrons. The van der Waals surface area contributed by atoms with Crippen molar-refractivity contribution in [3.05, 3.63) is 69.6 Å². The van der Waals surface area contributed by atoms with Crippen LogP contribution in [0.4, 0.5) is 0 Å². The van der Waals surface area contributed by atoms with Crippen molar-refractivity contribution < 1.29 is 4.74 Å². The molecule has 0 aliphatic heterocycles. The fourth-order valence-electron chi connectivity index (χ4n) is 3.26. The lowest BCUT2D eigenvalue weighted by atomic mass is 10.0. The maximum atomic E-state index is 5.94. The Bertz CT molecular complexity index is 703. The van der Waals surface area contributed by atoms with Crippen LogP contribution < -0.4 is 4.74 Å².